The molecule has 0 unspecified atom stereocenters. The number of ether oxygens (including phenoxy) is 2. The second-order valence-corrected chi connectivity index (χ2v) is 7.71. The van der Waals surface area contributed by atoms with Gasteiger partial charge in [0, 0.05) is 29.1 Å². The number of H-pyrrole nitrogens is 1. The molecule has 1 N–H and O–H groups in total. The molecular weight excluding hydrogens is 386 g/mol. The maximum Gasteiger partial charge on any atom is 0.202 e. The molecule has 29 heavy (non-hydrogen) atoms. The molecule has 0 amide bonds. The molecule has 6 heteroatoms. The van der Waals surface area contributed by atoms with Crippen molar-refractivity contribution in [3.63, 3.8) is 0 Å². The van der Waals surface area contributed by atoms with Crippen molar-refractivity contribution in [3.05, 3.63) is 53.4 Å². The van der Waals surface area contributed by atoms with Gasteiger partial charge in [-0.15, -0.1) is 0 Å². The summed E-state index contributed by atoms with van der Waals surface area (Å²) in [5, 5.41) is 1.67. The maximum absolute atomic E-state index is 6.14. The summed E-state index contributed by atoms with van der Waals surface area (Å²) in [6, 6.07) is 12.4. The number of aromatic amines is 1. The van der Waals surface area contributed by atoms with Gasteiger partial charge in [0.1, 0.15) is 0 Å². The van der Waals surface area contributed by atoms with Gasteiger partial charge in [0.2, 0.25) is 5.28 Å². The number of methoxy groups -OCH3 is 2. The Labute approximate surface area is 175 Å². The normalized spacial score (nSPS) is 11.4. The average Bonchev–Trinajstić information content (AvgIpc) is 3.27. The predicted molar refractivity (Wildman–Crippen MR) is 118 cm³/mol. The molecule has 4 aromatic rings. The zero-order valence-electron chi connectivity index (χ0n) is 17.2. The number of halogens is 1. The van der Waals surface area contributed by atoms with E-state index in [0.29, 0.717) is 22.7 Å². The van der Waals surface area contributed by atoms with Gasteiger partial charge in [0.15, 0.2) is 11.5 Å². The van der Waals surface area contributed by atoms with Gasteiger partial charge in [-0.05, 0) is 53.4 Å². The molecule has 0 atom stereocenters. The fourth-order valence-corrected chi connectivity index (χ4v) is 3.99. The van der Waals surface area contributed by atoms with E-state index in [2.05, 4.69) is 48.1 Å². The van der Waals surface area contributed by atoms with Crippen LogP contribution in [-0.4, -0.2) is 28.8 Å². The van der Waals surface area contributed by atoms with Crippen molar-refractivity contribution in [1.82, 2.24) is 14.5 Å². The lowest BCUT2D eigenvalue weighted by molar-refractivity contribution is 0.355. The fourth-order valence-electron chi connectivity index (χ4n) is 3.85. The molecule has 0 fully saturated rings. The zero-order valence-corrected chi connectivity index (χ0v) is 18.0. The number of nitrogens with zero attached hydrogens (tertiary/aromatic N) is 2. The topological polar surface area (TPSA) is 52.1 Å². The number of rotatable bonds is 5. The summed E-state index contributed by atoms with van der Waals surface area (Å²) >= 11 is 6.14. The van der Waals surface area contributed by atoms with Gasteiger partial charge in [0.25, 0.3) is 0 Å². The van der Waals surface area contributed by atoms with E-state index in [4.69, 9.17) is 21.1 Å². The highest BCUT2D eigenvalue weighted by Gasteiger charge is 2.19. The van der Waals surface area contributed by atoms with E-state index in [1.54, 1.807) is 20.4 Å². The van der Waals surface area contributed by atoms with Crippen molar-refractivity contribution in [2.75, 3.05) is 14.2 Å². The number of hydrogen-bond donors (Lipinski definition) is 1. The van der Waals surface area contributed by atoms with E-state index in [1.165, 1.54) is 10.9 Å². The van der Waals surface area contributed by atoms with Crippen molar-refractivity contribution in [1.29, 1.82) is 0 Å². The number of nitrogens with one attached hydrogen (secondary N) is 1. The Morgan fingerprint density at radius 2 is 1.72 bits per heavy atom. The molecule has 0 spiro atoms. The van der Waals surface area contributed by atoms with Crippen molar-refractivity contribution >= 4 is 22.5 Å². The standard InChI is InChI=1S/C23H24ClN3O2/c1-13(2)21-16-10-14(18-12-25-23(24)27(18)3)6-8-17(16)26-22(21)15-7-9-19(28-4)20(11-15)29-5/h6-13,26H,1-5H3. The Bertz CT molecular complexity index is 1190. The van der Waals surface area contributed by atoms with Crippen LogP contribution in [0, 0.1) is 0 Å². The Hall–Kier alpha value is -2.92. The SMILES string of the molecule is COc1ccc(-c2[nH]c3ccc(-c4cnc(Cl)n4C)cc3c2C(C)C)cc1OC. The van der Waals surface area contributed by atoms with Gasteiger partial charge in [-0.1, -0.05) is 19.9 Å². The lowest BCUT2D eigenvalue weighted by atomic mass is 9.95. The summed E-state index contributed by atoms with van der Waals surface area (Å²) < 4.78 is 12.8. The molecule has 0 bridgehead atoms. The van der Waals surface area contributed by atoms with E-state index in [0.717, 1.165) is 28.0 Å². The summed E-state index contributed by atoms with van der Waals surface area (Å²) in [6.07, 6.45) is 1.81. The molecule has 0 aliphatic heterocycles. The molecule has 5 nitrogen and oxygen atoms in total. The Kier molecular flexibility index (Phi) is 5.01. The van der Waals surface area contributed by atoms with Crippen LogP contribution in [0.25, 0.3) is 33.4 Å². The quantitative estimate of drug-likeness (QED) is 0.437. The third-order valence-electron chi connectivity index (χ3n) is 5.32. The summed E-state index contributed by atoms with van der Waals surface area (Å²) in [6.45, 7) is 4.42. The molecule has 0 aliphatic carbocycles. The van der Waals surface area contributed by atoms with Crippen LogP contribution in [-0.2, 0) is 7.05 Å². The molecule has 0 saturated carbocycles. The van der Waals surface area contributed by atoms with Crippen molar-refractivity contribution in [3.8, 4) is 34.0 Å². The minimum atomic E-state index is 0.331. The molecule has 2 aromatic heterocycles. The maximum atomic E-state index is 6.14. The highest BCUT2D eigenvalue weighted by atomic mass is 35.5. The minimum absolute atomic E-state index is 0.331. The first kappa shape index (κ1) is 19.4. The van der Waals surface area contributed by atoms with Gasteiger partial charge in [-0.3, -0.25) is 0 Å². The molecule has 4 rings (SSSR count). The first-order chi connectivity index (χ1) is 13.9. The summed E-state index contributed by atoms with van der Waals surface area (Å²) in [5.41, 5.74) is 6.58. The smallest absolute Gasteiger partial charge is 0.202 e. The van der Waals surface area contributed by atoms with Crippen LogP contribution < -0.4 is 9.47 Å². The molecule has 0 radical (unpaired) electrons. The number of imidazole rings is 1. The van der Waals surface area contributed by atoms with Gasteiger partial charge >= 0.3 is 0 Å². The van der Waals surface area contributed by atoms with Crippen LogP contribution in [0.5, 0.6) is 11.5 Å². The largest absolute Gasteiger partial charge is 0.493 e. The Morgan fingerprint density at radius 1 is 1.00 bits per heavy atom. The van der Waals surface area contributed by atoms with Crippen LogP contribution in [0.3, 0.4) is 0 Å². The van der Waals surface area contributed by atoms with Crippen LogP contribution >= 0.6 is 11.6 Å². The highest BCUT2D eigenvalue weighted by molar-refractivity contribution is 6.28. The monoisotopic (exact) mass is 409 g/mol. The first-order valence-corrected chi connectivity index (χ1v) is 9.88. The van der Waals surface area contributed by atoms with Crippen LogP contribution in [0.4, 0.5) is 0 Å². The third kappa shape index (κ3) is 3.25. The molecular formula is C23H24ClN3O2. The van der Waals surface area contributed by atoms with Crippen molar-refractivity contribution < 1.29 is 9.47 Å². The van der Waals surface area contributed by atoms with Crippen LogP contribution in [0.1, 0.15) is 25.3 Å². The van der Waals surface area contributed by atoms with Gasteiger partial charge < -0.3 is 19.0 Å². The molecule has 2 aromatic carbocycles. The van der Waals surface area contributed by atoms with Gasteiger partial charge in [0.05, 0.1) is 31.8 Å². The van der Waals surface area contributed by atoms with Gasteiger partial charge in [-0.2, -0.15) is 0 Å². The van der Waals surface area contributed by atoms with Gasteiger partial charge in [-0.25, -0.2) is 4.98 Å². The number of benzene rings is 2. The number of aromatic nitrogens is 3. The third-order valence-corrected chi connectivity index (χ3v) is 5.67. The lowest BCUT2D eigenvalue weighted by Gasteiger charge is -2.12. The molecule has 2 heterocycles. The van der Waals surface area contributed by atoms with Crippen molar-refractivity contribution in [2.24, 2.45) is 7.05 Å². The van der Waals surface area contributed by atoms with E-state index < -0.39 is 0 Å². The molecule has 150 valence electrons. The van der Waals surface area contributed by atoms with E-state index in [1.807, 2.05) is 23.7 Å². The Balaban J connectivity index is 1.92. The van der Waals surface area contributed by atoms with Crippen LogP contribution in [0.15, 0.2) is 42.6 Å². The van der Waals surface area contributed by atoms with Crippen molar-refractivity contribution in [2.45, 2.75) is 19.8 Å². The second kappa shape index (κ2) is 7.48. The molecule has 0 saturated heterocycles. The summed E-state index contributed by atoms with van der Waals surface area (Å²) in [4.78, 5) is 7.82. The minimum Gasteiger partial charge on any atom is -0.493 e. The summed E-state index contributed by atoms with van der Waals surface area (Å²) in [5.74, 6) is 1.76. The first-order valence-electron chi connectivity index (χ1n) is 9.50. The Morgan fingerprint density at radius 3 is 2.34 bits per heavy atom. The van der Waals surface area contributed by atoms with E-state index in [-0.39, 0.29) is 0 Å². The van der Waals surface area contributed by atoms with Crippen LogP contribution in [0.2, 0.25) is 5.28 Å². The summed E-state index contributed by atoms with van der Waals surface area (Å²) in [7, 11) is 5.22. The number of hydrogen-bond acceptors (Lipinski definition) is 3. The second-order valence-electron chi connectivity index (χ2n) is 7.37. The predicted octanol–water partition coefficient (Wildman–Crippen LogP) is 6.03. The lowest BCUT2D eigenvalue weighted by Crippen LogP contribution is -1.94. The zero-order chi connectivity index (χ0) is 20.7. The van der Waals surface area contributed by atoms with E-state index >= 15 is 0 Å². The average molecular weight is 410 g/mol. The van der Waals surface area contributed by atoms with E-state index in [9.17, 15) is 0 Å². The number of fused-ring (bicyclic) bond motifs is 1. The fraction of sp³-hybridized carbons (Fsp3) is 0.261. The molecule has 0 aliphatic rings. The highest BCUT2D eigenvalue weighted by Crippen LogP contribution is 2.40.